The summed E-state index contributed by atoms with van der Waals surface area (Å²) in [6.45, 7) is 9.60. The molecule has 19 heteroatoms. The zero-order chi connectivity index (χ0) is 72.1. The zero-order valence-corrected chi connectivity index (χ0v) is 65.9. The first-order valence-corrected chi connectivity index (χ1v) is 44.0. The second-order valence-corrected chi connectivity index (χ2v) is 32.1. The highest BCUT2D eigenvalue weighted by Crippen LogP contribution is 2.45. The van der Waals surface area contributed by atoms with Crippen LogP contribution in [0.4, 0.5) is 0 Å². The van der Waals surface area contributed by atoms with E-state index in [1.165, 1.54) is 225 Å². The number of hydrogen-bond acceptors (Lipinski definition) is 15. The van der Waals surface area contributed by atoms with E-state index in [1.54, 1.807) is 0 Å². The number of unbranched alkanes of at least 4 members (excludes halogenated alkanes) is 47. The molecule has 0 bridgehead atoms. The van der Waals surface area contributed by atoms with Crippen molar-refractivity contribution in [2.45, 2.75) is 432 Å². The molecule has 0 aromatic heterocycles. The molecule has 0 amide bonds. The summed E-state index contributed by atoms with van der Waals surface area (Å²) in [5.74, 6) is -0.586. The van der Waals surface area contributed by atoms with Gasteiger partial charge in [0.1, 0.15) is 19.3 Å². The fourth-order valence-corrected chi connectivity index (χ4v) is 13.7. The van der Waals surface area contributed by atoms with E-state index in [0.717, 1.165) is 102 Å². The van der Waals surface area contributed by atoms with Gasteiger partial charge in [0.05, 0.1) is 26.4 Å². The molecule has 0 aromatic rings. The third-order valence-electron chi connectivity index (χ3n) is 18.8. The number of aliphatic hydroxyl groups is 1. The Morgan fingerprint density at radius 1 is 0.296 bits per heavy atom. The predicted molar refractivity (Wildman–Crippen MR) is 400 cm³/mol. The largest absolute Gasteiger partial charge is 0.472 e. The van der Waals surface area contributed by atoms with Crippen LogP contribution in [-0.2, 0) is 65.4 Å². The van der Waals surface area contributed by atoms with Crippen LogP contribution in [0.15, 0.2) is 0 Å². The van der Waals surface area contributed by atoms with Gasteiger partial charge in [-0.2, -0.15) is 0 Å². The lowest BCUT2D eigenvalue weighted by Gasteiger charge is -2.21. The number of phosphoric ester groups is 2. The molecule has 582 valence electrons. The van der Waals surface area contributed by atoms with Gasteiger partial charge in [-0.15, -0.1) is 0 Å². The van der Waals surface area contributed by atoms with Crippen molar-refractivity contribution in [1.82, 2.24) is 0 Å². The SMILES string of the molecule is CCCCCCCCCCCCCCCCCCCC(=O)OC[C@H](COP(=O)(O)OC[C@@H](O)COP(=O)(O)OC[C@@H](COC(=O)CCCCCCCCC(C)C)OC(=O)CCCCCCCCCCCCCCCC)OC(=O)CCCCCCCCCCCCCCCCC(C)CC. The van der Waals surface area contributed by atoms with E-state index in [0.29, 0.717) is 31.6 Å². The number of carbonyl (C=O) groups is 4. The first-order valence-electron chi connectivity index (χ1n) is 41.0. The highest BCUT2D eigenvalue weighted by molar-refractivity contribution is 7.47. The molecule has 6 atom stereocenters. The Morgan fingerprint density at radius 3 is 0.776 bits per heavy atom. The van der Waals surface area contributed by atoms with E-state index < -0.39 is 97.5 Å². The minimum Gasteiger partial charge on any atom is -0.462 e. The standard InChI is InChI=1S/C79H154O17P2/c1-7-10-12-14-16-18-20-22-24-25-26-31-34-38-42-49-55-61-76(81)89-67-74(95-78(83)64-58-52-44-40-36-32-28-27-29-33-37-41-48-54-60-72(6)9-3)69-93-97(85,86)91-65-73(80)66-92-98(87,88)94-70-75(68-90-77(82)62-56-50-46-45-47-53-59-71(4)5)96-79(84)63-57-51-43-39-35-30-23-21-19-17-15-13-11-8-2/h71-75,80H,7-70H2,1-6H3,(H,85,86)(H,87,88)/t72?,73-,74-,75-/m1/s1. The van der Waals surface area contributed by atoms with Crippen molar-refractivity contribution in [3.05, 3.63) is 0 Å². The van der Waals surface area contributed by atoms with E-state index >= 15 is 0 Å². The van der Waals surface area contributed by atoms with Crippen LogP contribution in [-0.4, -0.2) is 96.7 Å². The van der Waals surface area contributed by atoms with E-state index in [2.05, 4.69) is 41.5 Å². The predicted octanol–water partition coefficient (Wildman–Crippen LogP) is 23.5. The summed E-state index contributed by atoms with van der Waals surface area (Å²) < 4.78 is 68.6. The third-order valence-corrected chi connectivity index (χ3v) is 20.7. The molecule has 17 nitrogen and oxygen atoms in total. The van der Waals surface area contributed by atoms with Crippen LogP contribution in [0.2, 0.25) is 0 Å². The van der Waals surface area contributed by atoms with Crippen LogP contribution in [0.5, 0.6) is 0 Å². The monoisotopic (exact) mass is 1440 g/mol. The van der Waals surface area contributed by atoms with Gasteiger partial charge in [-0.1, -0.05) is 363 Å². The summed E-state index contributed by atoms with van der Waals surface area (Å²) in [7, 11) is -9.92. The Bertz CT molecular complexity index is 1890. The van der Waals surface area contributed by atoms with Crippen LogP contribution in [0.3, 0.4) is 0 Å². The van der Waals surface area contributed by atoms with Crippen molar-refractivity contribution in [3.8, 4) is 0 Å². The summed E-state index contributed by atoms with van der Waals surface area (Å²) in [4.78, 5) is 72.9. The number of ether oxygens (including phenoxy) is 4. The van der Waals surface area contributed by atoms with Gasteiger partial charge < -0.3 is 33.8 Å². The fraction of sp³-hybridized carbons (Fsp3) is 0.949. The maximum absolute atomic E-state index is 13.1. The minimum atomic E-state index is -4.96. The fourth-order valence-electron chi connectivity index (χ4n) is 12.2. The van der Waals surface area contributed by atoms with Crippen LogP contribution in [0, 0.1) is 11.8 Å². The van der Waals surface area contributed by atoms with E-state index in [9.17, 15) is 43.2 Å². The average molecular weight is 1440 g/mol. The molecule has 0 aromatic carbocycles. The van der Waals surface area contributed by atoms with E-state index in [-0.39, 0.29) is 25.7 Å². The maximum atomic E-state index is 13.1. The van der Waals surface area contributed by atoms with Crippen molar-refractivity contribution in [2.24, 2.45) is 11.8 Å². The number of rotatable bonds is 78. The van der Waals surface area contributed by atoms with Gasteiger partial charge in [0, 0.05) is 25.7 Å². The molecule has 0 fully saturated rings. The van der Waals surface area contributed by atoms with Crippen molar-refractivity contribution in [1.29, 1.82) is 0 Å². The van der Waals surface area contributed by atoms with Gasteiger partial charge in [0.25, 0.3) is 0 Å². The van der Waals surface area contributed by atoms with Gasteiger partial charge in [-0.3, -0.25) is 37.3 Å². The molecule has 0 aliphatic rings. The zero-order valence-electron chi connectivity index (χ0n) is 64.1. The average Bonchev–Trinajstić information content (AvgIpc) is 1.74. The first-order chi connectivity index (χ1) is 47.4. The lowest BCUT2D eigenvalue weighted by molar-refractivity contribution is -0.161. The summed E-state index contributed by atoms with van der Waals surface area (Å²) in [5.41, 5.74) is 0. The van der Waals surface area contributed by atoms with Crippen LogP contribution in [0.1, 0.15) is 414 Å². The van der Waals surface area contributed by atoms with Gasteiger partial charge >= 0.3 is 39.5 Å². The number of carbonyl (C=O) groups excluding carboxylic acids is 4. The molecule has 0 radical (unpaired) electrons. The highest BCUT2D eigenvalue weighted by Gasteiger charge is 2.30. The van der Waals surface area contributed by atoms with Gasteiger partial charge in [0.2, 0.25) is 0 Å². The normalized spacial score (nSPS) is 14.2. The van der Waals surface area contributed by atoms with Crippen LogP contribution >= 0.6 is 15.6 Å². The van der Waals surface area contributed by atoms with Crippen molar-refractivity contribution in [3.63, 3.8) is 0 Å². The number of esters is 4. The minimum absolute atomic E-state index is 0.107. The van der Waals surface area contributed by atoms with E-state index in [1.807, 2.05) is 0 Å². The van der Waals surface area contributed by atoms with Crippen LogP contribution < -0.4 is 0 Å². The Kier molecular flexibility index (Phi) is 69.3. The number of aliphatic hydroxyl groups excluding tert-OH is 1. The van der Waals surface area contributed by atoms with Crippen molar-refractivity contribution in [2.75, 3.05) is 39.6 Å². The molecule has 0 aliphatic heterocycles. The molecule has 0 rings (SSSR count). The topological polar surface area (TPSA) is 237 Å². The highest BCUT2D eigenvalue weighted by atomic mass is 31.2. The molecule has 0 saturated carbocycles. The molecular formula is C79H154O17P2. The van der Waals surface area contributed by atoms with Crippen molar-refractivity contribution < 1.29 is 80.2 Å². The van der Waals surface area contributed by atoms with Crippen LogP contribution in [0.25, 0.3) is 0 Å². The van der Waals surface area contributed by atoms with Gasteiger partial charge in [0.15, 0.2) is 12.2 Å². The second kappa shape index (κ2) is 70.7. The quantitative estimate of drug-likeness (QED) is 0.0222. The smallest absolute Gasteiger partial charge is 0.462 e. The Morgan fingerprint density at radius 2 is 0.520 bits per heavy atom. The maximum Gasteiger partial charge on any atom is 0.472 e. The van der Waals surface area contributed by atoms with Crippen molar-refractivity contribution >= 4 is 39.5 Å². The molecule has 0 heterocycles. The molecule has 98 heavy (non-hydrogen) atoms. The first kappa shape index (κ1) is 96.1. The summed E-state index contributed by atoms with van der Waals surface area (Å²) >= 11 is 0. The molecule has 0 spiro atoms. The van der Waals surface area contributed by atoms with Gasteiger partial charge in [-0.05, 0) is 37.5 Å². The molecule has 0 aliphatic carbocycles. The summed E-state index contributed by atoms with van der Waals surface area (Å²) in [5, 5.41) is 10.6. The summed E-state index contributed by atoms with van der Waals surface area (Å²) in [6, 6.07) is 0. The number of phosphoric acid groups is 2. The Labute approximate surface area is 600 Å². The second-order valence-electron chi connectivity index (χ2n) is 29.2. The molecular weight excluding hydrogens is 1280 g/mol. The summed E-state index contributed by atoms with van der Waals surface area (Å²) in [6.07, 6.45) is 59.7. The number of hydrogen-bond donors (Lipinski definition) is 3. The Balaban J connectivity index is 5.23. The lowest BCUT2D eigenvalue weighted by Crippen LogP contribution is -2.30. The van der Waals surface area contributed by atoms with Gasteiger partial charge in [-0.25, -0.2) is 9.13 Å². The lowest BCUT2D eigenvalue weighted by atomic mass is 9.99. The van der Waals surface area contributed by atoms with E-state index in [4.69, 9.17) is 37.0 Å². The Hall–Kier alpha value is -1.94. The molecule has 3 unspecified atom stereocenters. The third kappa shape index (κ3) is 71.1. The molecule has 0 saturated heterocycles. The molecule has 3 N–H and O–H groups in total.